The predicted octanol–water partition coefficient (Wildman–Crippen LogP) is 0.915. The SMILES string of the molecule is COc1ccc(CC(=O)ON=C(N)c2cc[nH+]cc2)cc1. The zero-order valence-electron chi connectivity index (χ0n) is 11.6. The summed E-state index contributed by atoms with van der Waals surface area (Å²) in [5, 5.41) is 3.63. The van der Waals surface area contributed by atoms with Gasteiger partial charge in [-0.3, -0.25) is 0 Å². The van der Waals surface area contributed by atoms with Crippen molar-refractivity contribution in [3.05, 3.63) is 59.9 Å². The Balaban J connectivity index is 1.92. The number of rotatable bonds is 5. The molecular weight excluding hydrogens is 270 g/mol. The van der Waals surface area contributed by atoms with Gasteiger partial charge in [0.05, 0.1) is 13.5 Å². The fourth-order valence-corrected chi connectivity index (χ4v) is 1.65. The monoisotopic (exact) mass is 286 g/mol. The number of aromatic nitrogens is 1. The highest BCUT2D eigenvalue weighted by atomic mass is 16.7. The number of nitrogens with one attached hydrogen (secondary N) is 1. The third-order valence-corrected chi connectivity index (χ3v) is 2.77. The number of pyridine rings is 1. The van der Waals surface area contributed by atoms with Gasteiger partial charge in [-0.25, -0.2) is 9.78 Å². The van der Waals surface area contributed by atoms with Gasteiger partial charge < -0.3 is 15.3 Å². The minimum absolute atomic E-state index is 0.114. The molecule has 3 N–H and O–H groups in total. The summed E-state index contributed by atoms with van der Waals surface area (Å²) in [5.41, 5.74) is 7.20. The molecule has 0 amide bonds. The summed E-state index contributed by atoms with van der Waals surface area (Å²) in [4.78, 5) is 19.3. The van der Waals surface area contributed by atoms with Gasteiger partial charge in [0.2, 0.25) is 0 Å². The number of hydrogen-bond donors (Lipinski definition) is 1. The highest BCUT2D eigenvalue weighted by molar-refractivity contribution is 5.97. The van der Waals surface area contributed by atoms with Crippen LogP contribution < -0.4 is 15.5 Å². The fraction of sp³-hybridized carbons (Fsp3) is 0.133. The van der Waals surface area contributed by atoms with Gasteiger partial charge in [-0.15, -0.1) is 0 Å². The average molecular weight is 286 g/mol. The molecule has 0 aliphatic heterocycles. The molecule has 0 aliphatic rings. The molecule has 0 aliphatic carbocycles. The first-order chi connectivity index (χ1) is 10.2. The maximum absolute atomic E-state index is 11.7. The summed E-state index contributed by atoms with van der Waals surface area (Å²) >= 11 is 0. The number of aromatic amines is 1. The Morgan fingerprint density at radius 3 is 2.48 bits per heavy atom. The number of hydrogen-bond acceptors (Lipinski definition) is 4. The maximum atomic E-state index is 11.7. The second kappa shape index (κ2) is 7.04. The molecule has 6 heteroatoms. The van der Waals surface area contributed by atoms with Crippen molar-refractivity contribution in [3.63, 3.8) is 0 Å². The van der Waals surface area contributed by atoms with Crippen LogP contribution >= 0.6 is 0 Å². The zero-order valence-corrected chi connectivity index (χ0v) is 11.6. The average Bonchev–Trinajstić information content (AvgIpc) is 2.54. The number of methoxy groups -OCH3 is 1. The molecule has 0 saturated carbocycles. The molecule has 0 radical (unpaired) electrons. The lowest BCUT2D eigenvalue weighted by atomic mass is 10.1. The van der Waals surface area contributed by atoms with Crippen molar-refractivity contribution in [2.75, 3.05) is 7.11 Å². The first-order valence-corrected chi connectivity index (χ1v) is 6.32. The summed E-state index contributed by atoms with van der Waals surface area (Å²) in [6, 6.07) is 10.6. The van der Waals surface area contributed by atoms with Crippen molar-refractivity contribution in [2.45, 2.75) is 6.42 Å². The Morgan fingerprint density at radius 1 is 1.19 bits per heavy atom. The van der Waals surface area contributed by atoms with Crippen LogP contribution in [0, 0.1) is 0 Å². The Kier molecular flexibility index (Phi) is 4.87. The maximum Gasteiger partial charge on any atom is 0.339 e. The van der Waals surface area contributed by atoms with Crippen LogP contribution in [-0.2, 0) is 16.1 Å². The summed E-state index contributed by atoms with van der Waals surface area (Å²) < 4.78 is 5.04. The van der Waals surface area contributed by atoms with Gasteiger partial charge in [0.1, 0.15) is 5.75 Å². The first-order valence-electron chi connectivity index (χ1n) is 6.32. The van der Waals surface area contributed by atoms with Gasteiger partial charge in [-0.2, -0.15) is 0 Å². The fourth-order valence-electron chi connectivity index (χ4n) is 1.65. The van der Waals surface area contributed by atoms with Crippen LogP contribution in [-0.4, -0.2) is 18.9 Å². The number of oxime groups is 1. The van der Waals surface area contributed by atoms with Gasteiger partial charge >= 0.3 is 5.97 Å². The minimum atomic E-state index is -0.481. The summed E-state index contributed by atoms with van der Waals surface area (Å²) in [5.74, 6) is 0.396. The summed E-state index contributed by atoms with van der Waals surface area (Å²) in [7, 11) is 1.59. The van der Waals surface area contributed by atoms with Crippen LogP contribution in [0.4, 0.5) is 0 Å². The Bertz CT molecular complexity index is 624. The molecule has 21 heavy (non-hydrogen) atoms. The van der Waals surface area contributed by atoms with E-state index in [9.17, 15) is 4.79 Å². The third-order valence-electron chi connectivity index (χ3n) is 2.77. The third kappa shape index (κ3) is 4.31. The number of nitrogens with two attached hydrogens (primary N) is 1. The van der Waals surface area contributed by atoms with Crippen molar-refractivity contribution in [3.8, 4) is 5.75 Å². The van der Waals surface area contributed by atoms with Crippen LogP contribution in [0.25, 0.3) is 0 Å². The first kappa shape index (κ1) is 14.5. The van der Waals surface area contributed by atoms with Crippen molar-refractivity contribution in [2.24, 2.45) is 10.9 Å². The predicted molar refractivity (Wildman–Crippen MR) is 76.5 cm³/mol. The lowest BCUT2D eigenvalue weighted by molar-refractivity contribution is -0.378. The number of carbonyl (C=O) groups excluding carboxylic acids is 1. The lowest BCUT2D eigenvalue weighted by Gasteiger charge is -2.02. The number of nitrogens with zero attached hydrogens (tertiary/aromatic N) is 1. The molecule has 0 spiro atoms. The molecule has 2 rings (SSSR count). The van der Waals surface area contributed by atoms with E-state index in [1.807, 2.05) is 0 Å². The Labute approximate surface area is 122 Å². The van der Waals surface area contributed by atoms with E-state index in [-0.39, 0.29) is 12.3 Å². The molecule has 1 aromatic heterocycles. The van der Waals surface area contributed by atoms with Crippen LogP contribution in [0.1, 0.15) is 11.1 Å². The van der Waals surface area contributed by atoms with Crippen LogP contribution in [0.15, 0.2) is 53.9 Å². The van der Waals surface area contributed by atoms with Crippen LogP contribution in [0.5, 0.6) is 5.75 Å². The highest BCUT2D eigenvalue weighted by Gasteiger charge is 2.06. The number of ether oxygens (including phenoxy) is 1. The smallest absolute Gasteiger partial charge is 0.339 e. The van der Waals surface area contributed by atoms with E-state index in [2.05, 4.69) is 10.1 Å². The molecule has 0 fully saturated rings. The van der Waals surface area contributed by atoms with Gasteiger partial charge in [0.25, 0.3) is 0 Å². The molecule has 0 saturated heterocycles. The van der Waals surface area contributed by atoms with Gasteiger partial charge in [0.15, 0.2) is 18.2 Å². The van der Waals surface area contributed by atoms with Gasteiger partial charge in [0, 0.05) is 17.7 Å². The Hall–Kier alpha value is -2.89. The molecule has 2 aromatic rings. The molecule has 0 unspecified atom stereocenters. The zero-order chi connectivity index (χ0) is 15.1. The van der Waals surface area contributed by atoms with E-state index in [0.29, 0.717) is 5.56 Å². The normalized spacial score (nSPS) is 11.0. The molecule has 0 bridgehead atoms. The van der Waals surface area contributed by atoms with E-state index >= 15 is 0 Å². The van der Waals surface area contributed by atoms with E-state index in [0.717, 1.165) is 11.3 Å². The topological polar surface area (TPSA) is 88.0 Å². The number of carbonyl (C=O) groups is 1. The summed E-state index contributed by atoms with van der Waals surface area (Å²) in [6.45, 7) is 0. The van der Waals surface area contributed by atoms with E-state index < -0.39 is 5.97 Å². The van der Waals surface area contributed by atoms with Gasteiger partial charge in [-0.05, 0) is 17.7 Å². The van der Waals surface area contributed by atoms with Crippen molar-refractivity contribution in [1.29, 1.82) is 0 Å². The van der Waals surface area contributed by atoms with E-state index in [1.54, 1.807) is 55.9 Å². The Morgan fingerprint density at radius 2 is 1.86 bits per heavy atom. The second-order valence-electron chi connectivity index (χ2n) is 4.25. The quantitative estimate of drug-likeness (QED) is 0.383. The second-order valence-corrected chi connectivity index (χ2v) is 4.25. The molecule has 1 aromatic carbocycles. The van der Waals surface area contributed by atoms with Crippen molar-refractivity contribution < 1.29 is 19.4 Å². The lowest BCUT2D eigenvalue weighted by Crippen LogP contribution is -2.16. The molecule has 6 nitrogen and oxygen atoms in total. The highest BCUT2D eigenvalue weighted by Crippen LogP contribution is 2.12. The van der Waals surface area contributed by atoms with Crippen LogP contribution in [0.2, 0.25) is 0 Å². The van der Waals surface area contributed by atoms with Gasteiger partial charge in [-0.1, -0.05) is 17.3 Å². The minimum Gasteiger partial charge on any atom is -0.497 e. The number of amidine groups is 1. The van der Waals surface area contributed by atoms with Crippen molar-refractivity contribution >= 4 is 11.8 Å². The largest absolute Gasteiger partial charge is 0.497 e. The van der Waals surface area contributed by atoms with Crippen molar-refractivity contribution in [1.82, 2.24) is 0 Å². The summed E-state index contributed by atoms with van der Waals surface area (Å²) in [6.07, 6.45) is 3.52. The molecule has 0 atom stereocenters. The van der Waals surface area contributed by atoms with E-state index in [1.165, 1.54) is 0 Å². The molecule has 108 valence electrons. The molecule has 1 heterocycles. The van der Waals surface area contributed by atoms with E-state index in [4.69, 9.17) is 15.3 Å². The van der Waals surface area contributed by atoms with Crippen LogP contribution in [0.3, 0.4) is 0 Å². The number of H-pyrrole nitrogens is 1. The molecular formula is C15H16N3O3+. The standard InChI is InChI=1S/C15H15N3O3/c1-20-13-4-2-11(3-5-13)10-14(19)21-18-15(16)12-6-8-17-9-7-12/h2-9H,10H2,1H3,(H2,16,18)/p+1. The number of benzene rings is 1.